The van der Waals surface area contributed by atoms with E-state index in [1.807, 2.05) is 17.7 Å². The standard InChI is InChI=1S/C27H38N7O6P/c1-16(2)38-26(35)18(4)32-41(36,40-20-9-7-6-8-10-20)37-14-21-13-17(3)25(39-21)34-15-29-22-23(33(5)19-11-12-19)30-27(28)31-24(22)34/h6-10,15-19,21,25H,11-14H2,1-5H3,(H,32,36)(H2,28,30,31)/t17-,18+,21-,25+,41+/m0/s1. The molecular weight excluding hydrogens is 549 g/mol. The van der Waals surface area contributed by atoms with Crippen molar-refractivity contribution in [2.75, 3.05) is 24.3 Å². The molecule has 2 aromatic heterocycles. The number of anilines is 2. The first-order chi connectivity index (χ1) is 19.5. The number of benzene rings is 1. The van der Waals surface area contributed by atoms with Gasteiger partial charge in [0.15, 0.2) is 17.0 Å². The third kappa shape index (κ3) is 6.81. The van der Waals surface area contributed by atoms with Crippen molar-refractivity contribution < 1.29 is 27.9 Å². The molecule has 3 N–H and O–H groups in total. The number of ether oxygens (including phenoxy) is 2. The van der Waals surface area contributed by atoms with Crippen LogP contribution in [0.25, 0.3) is 11.2 Å². The summed E-state index contributed by atoms with van der Waals surface area (Å²) in [5.41, 5.74) is 7.34. The van der Waals surface area contributed by atoms with Gasteiger partial charge in [-0.2, -0.15) is 15.1 Å². The number of nitrogens with one attached hydrogen (secondary N) is 1. The van der Waals surface area contributed by atoms with Crippen LogP contribution < -0.4 is 20.2 Å². The number of aromatic nitrogens is 4. The van der Waals surface area contributed by atoms with Crippen LogP contribution in [-0.4, -0.2) is 63.4 Å². The monoisotopic (exact) mass is 587 g/mol. The van der Waals surface area contributed by atoms with Gasteiger partial charge in [0, 0.05) is 19.0 Å². The molecule has 0 spiro atoms. The first-order valence-corrected chi connectivity index (χ1v) is 15.4. The van der Waals surface area contributed by atoms with Gasteiger partial charge in [-0.15, -0.1) is 0 Å². The molecule has 3 aromatic rings. The topological polar surface area (TPSA) is 156 Å². The number of fused-ring (bicyclic) bond motifs is 1. The number of hydrogen-bond donors (Lipinski definition) is 2. The summed E-state index contributed by atoms with van der Waals surface area (Å²) in [7, 11) is -2.01. The summed E-state index contributed by atoms with van der Waals surface area (Å²) in [6.07, 6.45) is 3.40. The van der Waals surface area contributed by atoms with Gasteiger partial charge in [0.05, 0.1) is 25.1 Å². The zero-order valence-electron chi connectivity index (χ0n) is 24.0. The number of carbonyl (C=O) groups excluding carboxylic acids is 1. The van der Waals surface area contributed by atoms with Crippen LogP contribution in [0.5, 0.6) is 5.75 Å². The van der Waals surface area contributed by atoms with Crippen LogP contribution in [0.3, 0.4) is 0 Å². The minimum atomic E-state index is -4.01. The molecule has 1 aromatic carbocycles. The molecule has 1 aliphatic carbocycles. The van der Waals surface area contributed by atoms with Crippen LogP contribution in [0, 0.1) is 5.92 Å². The minimum absolute atomic E-state index is 0.0384. The Bertz CT molecular complexity index is 1420. The number of para-hydroxylation sites is 1. The highest BCUT2D eigenvalue weighted by molar-refractivity contribution is 7.52. The number of esters is 1. The minimum Gasteiger partial charge on any atom is -0.462 e. The predicted octanol–water partition coefficient (Wildman–Crippen LogP) is 4.06. The van der Waals surface area contributed by atoms with Gasteiger partial charge in [0.25, 0.3) is 0 Å². The Hall–Kier alpha value is -3.25. The van der Waals surface area contributed by atoms with Crippen molar-refractivity contribution in [1.29, 1.82) is 0 Å². The quantitative estimate of drug-likeness (QED) is 0.232. The summed E-state index contributed by atoms with van der Waals surface area (Å²) in [6, 6.07) is 8.13. The molecule has 1 saturated carbocycles. The maximum absolute atomic E-state index is 13.8. The smallest absolute Gasteiger partial charge is 0.459 e. The number of imidazole rings is 1. The molecule has 3 heterocycles. The van der Waals surface area contributed by atoms with Crippen molar-refractivity contribution in [1.82, 2.24) is 24.6 Å². The van der Waals surface area contributed by atoms with E-state index in [0.29, 0.717) is 35.2 Å². The van der Waals surface area contributed by atoms with Crippen molar-refractivity contribution in [3.05, 3.63) is 36.7 Å². The lowest BCUT2D eigenvalue weighted by atomic mass is 10.1. The molecule has 1 saturated heterocycles. The summed E-state index contributed by atoms with van der Waals surface area (Å²) < 4.78 is 38.9. The number of nitrogens with zero attached hydrogens (tertiary/aromatic N) is 5. The summed E-state index contributed by atoms with van der Waals surface area (Å²) in [4.78, 5) is 28.1. The maximum Gasteiger partial charge on any atom is 0.459 e. The molecule has 0 radical (unpaired) electrons. The molecular formula is C27H38N7O6P. The van der Waals surface area contributed by atoms with Gasteiger partial charge < -0.3 is 24.6 Å². The third-order valence-corrected chi connectivity index (χ3v) is 8.68. The molecule has 1 aliphatic heterocycles. The highest BCUT2D eigenvalue weighted by atomic mass is 31.2. The summed E-state index contributed by atoms with van der Waals surface area (Å²) in [6.45, 7) is 7.05. The van der Waals surface area contributed by atoms with E-state index in [4.69, 9.17) is 24.3 Å². The molecule has 2 fully saturated rings. The van der Waals surface area contributed by atoms with E-state index in [0.717, 1.165) is 12.8 Å². The maximum atomic E-state index is 13.8. The summed E-state index contributed by atoms with van der Waals surface area (Å²) >= 11 is 0. The molecule has 13 nitrogen and oxygen atoms in total. The number of rotatable bonds is 12. The number of nitrogens with two attached hydrogens (primary N) is 1. The molecule has 222 valence electrons. The molecule has 0 bridgehead atoms. The fourth-order valence-corrected chi connectivity index (χ4v) is 6.39. The average molecular weight is 588 g/mol. The van der Waals surface area contributed by atoms with E-state index in [2.05, 4.69) is 31.9 Å². The second-order valence-corrected chi connectivity index (χ2v) is 12.7. The Morgan fingerprint density at radius 2 is 1.98 bits per heavy atom. The van der Waals surface area contributed by atoms with Gasteiger partial charge in [-0.1, -0.05) is 25.1 Å². The van der Waals surface area contributed by atoms with E-state index >= 15 is 0 Å². The second-order valence-electron chi connectivity index (χ2n) is 11.0. The lowest BCUT2D eigenvalue weighted by Gasteiger charge is -2.24. The molecule has 0 unspecified atom stereocenters. The van der Waals surface area contributed by atoms with E-state index in [-0.39, 0.29) is 24.6 Å². The second kappa shape index (κ2) is 11.9. The van der Waals surface area contributed by atoms with Crippen LogP contribution in [-0.2, 0) is 23.4 Å². The van der Waals surface area contributed by atoms with Crippen LogP contribution >= 0.6 is 7.75 Å². The van der Waals surface area contributed by atoms with Gasteiger partial charge >= 0.3 is 13.7 Å². The fourth-order valence-electron chi connectivity index (χ4n) is 4.87. The predicted molar refractivity (Wildman–Crippen MR) is 153 cm³/mol. The Labute approximate surface area is 239 Å². The van der Waals surface area contributed by atoms with E-state index in [1.54, 1.807) is 51.4 Å². The number of hydrogen-bond acceptors (Lipinski definition) is 11. The van der Waals surface area contributed by atoms with Crippen molar-refractivity contribution in [2.45, 2.75) is 77.5 Å². The van der Waals surface area contributed by atoms with Crippen LogP contribution in [0.1, 0.15) is 53.2 Å². The molecule has 41 heavy (non-hydrogen) atoms. The van der Waals surface area contributed by atoms with Gasteiger partial charge in [0.2, 0.25) is 5.95 Å². The first kappa shape index (κ1) is 29.2. The lowest BCUT2D eigenvalue weighted by Crippen LogP contribution is -2.36. The number of carbonyl (C=O) groups is 1. The summed E-state index contributed by atoms with van der Waals surface area (Å²) in [5.74, 6) is 0.702. The van der Waals surface area contributed by atoms with Gasteiger partial charge in [-0.05, 0) is 52.2 Å². The first-order valence-electron chi connectivity index (χ1n) is 13.9. The summed E-state index contributed by atoms with van der Waals surface area (Å²) in [5, 5.41) is 2.71. The largest absolute Gasteiger partial charge is 0.462 e. The normalized spacial score (nSPS) is 22.9. The number of nitrogen functional groups attached to an aromatic ring is 1. The highest BCUT2D eigenvalue weighted by Crippen LogP contribution is 2.46. The molecule has 5 rings (SSSR count). The Morgan fingerprint density at radius 1 is 1.24 bits per heavy atom. The van der Waals surface area contributed by atoms with E-state index in [1.165, 1.54) is 0 Å². The highest BCUT2D eigenvalue weighted by Gasteiger charge is 2.39. The Morgan fingerprint density at radius 3 is 2.66 bits per heavy atom. The van der Waals surface area contributed by atoms with Crippen molar-refractivity contribution >= 4 is 36.6 Å². The van der Waals surface area contributed by atoms with E-state index in [9.17, 15) is 9.36 Å². The van der Waals surface area contributed by atoms with Crippen LogP contribution in [0.15, 0.2) is 36.7 Å². The SMILES string of the molecule is CC(C)OC(=O)[C@@H](C)N[P@@](=O)(OC[C@@H]1C[C@H](C)[C@H](n2cnc3c(N(C)C4CC4)nc(N)nc32)O1)Oc1ccccc1. The Kier molecular flexibility index (Phi) is 8.51. The fraction of sp³-hybridized carbons (Fsp3) is 0.556. The van der Waals surface area contributed by atoms with Crippen molar-refractivity contribution in [2.24, 2.45) is 5.92 Å². The molecule has 2 aliphatic rings. The average Bonchev–Trinajstić information content (AvgIpc) is 3.59. The van der Waals surface area contributed by atoms with Crippen LogP contribution in [0.2, 0.25) is 0 Å². The third-order valence-electron chi connectivity index (χ3n) is 7.03. The van der Waals surface area contributed by atoms with E-state index < -0.39 is 32.1 Å². The lowest BCUT2D eigenvalue weighted by molar-refractivity contribution is -0.149. The van der Waals surface area contributed by atoms with Crippen molar-refractivity contribution in [3.8, 4) is 5.75 Å². The van der Waals surface area contributed by atoms with Gasteiger partial charge in [-0.25, -0.2) is 9.55 Å². The zero-order chi connectivity index (χ0) is 29.3. The van der Waals surface area contributed by atoms with Crippen molar-refractivity contribution in [3.63, 3.8) is 0 Å². The van der Waals surface area contributed by atoms with Gasteiger partial charge in [0.1, 0.15) is 18.0 Å². The zero-order valence-corrected chi connectivity index (χ0v) is 24.9. The molecule has 14 heteroatoms. The molecule has 0 amide bonds. The molecule has 5 atom stereocenters. The van der Waals surface area contributed by atoms with Crippen LogP contribution in [0.4, 0.5) is 11.8 Å². The Balaban J connectivity index is 1.30. The van der Waals surface area contributed by atoms with Gasteiger partial charge in [-0.3, -0.25) is 13.9 Å².